The number of anilines is 1. The fourth-order valence-electron chi connectivity index (χ4n) is 4.76. The van der Waals surface area contributed by atoms with E-state index in [4.69, 9.17) is 4.98 Å². The number of rotatable bonds is 5. The first kappa shape index (κ1) is 23.4. The van der Waals surface area contributed by atoms with E-state index in [0.717, 1.165) is 41.3 Å². The number of aryl methyl sites for hydroxylation is 2. The molecule has 1 fully saturated rings. The van der Waals surface area contributed by atoms with Gasteiger partial charge in [0.25, 0.3) is 0 Å². The van der Waals surface area contributed by atoms with Crippen molar-refractivity contribution >= 4 is 26.7 Å². The second-order valence-electron chi connectivity index (χ2n) is 8.90. The quantitative estimate of drug-likeness (QED) is 0.421. The Hall–Kier alpha value is -3.36. The van der Waals surface area contributed by atoms with Crippen LogP contribution >= 0.6 is 0 Å². The highest BCUT2D eigenvalue weighted by molar-refractivity contribution is 7.89. The number of sulfonamides is 1. The molecule has 0 radical (unpaired) electrons. The molecule has 0 N–H and O–H groups in total. The molecule has 0 atom stereocenters. The molecule has 2 aromatic carbocycles. The average molecular weight is 488 g/mol. The molecule has 0 saturated carbocycles. The molecule has 2 aromatic heterocycles. The minimum Gasteiger partial charge on any atom is -0.355 e. The number of aromatic nitrogens is 3. The number of nitrogens with zero attached hydrogens (tertiary/aromatic N) is 5. The highest BCUT2D eigenvalue weighted by Crippen LogP contribution is 2.28. The number of benzene rings is 2. The zero-order valence-electron chi connectivity index (χ0n) is 20.1. The first-order valence-electron chi connectivity index (χ1n) is 11.9. The fraction of sp³-hybridized carbons (Fsp3) is 0.296. The molecule has 0 spiro atoms. The Balaban J connectivity index is 1.43. The van der Waals surface area contributed by atoms with Crippen molar-refractivity contribution in [3.8, 4) is 0 Å². The minimum atomic E-state index is -3.68. The lowest BCUT2D eigenvalue weighted by atomic mass is 10.0. The van der Waals surface area contributed by atoms with E-state index in [9.17, 15) is 8.42 Å². The predicted molar refractivity (Wildman–Crippen MR) is 138 cm³/mol. The third-order valence-corrected chi connectivity index (χ3v) is 8.43. The van der Waals surface area contributed by atoms with Crippen LogP contribution in [0.15, 0.2) is 71.8 Å². The van der Waals surface area contributed by atoms with Crippen molar-refractivity contribution in [1.82, 2.24) is 19.3 Å². The van der Waals surface area contributed by atoms with Gasteiger partial charge in [0.15, 0.2) is 0 Å². The maximum absolute atomic E-state index is 13.7. The first-order valence-corrected chi connectivity index (χ1v) is 13.3. The Labute approximate surface area is 206 Å². The zero-order chi connectivity index (χ0) is 24.4. The maximum Gasteiger partial charge on any atom is 0.245 e. The monoisotopic (exact) mass is 487 g/mol. The smallest absolute Gasteiger partial charge is 0.245 e. The Morgan fingerprint density at radius 1 is 0.857 bits per heavy atom. The van der Waals surface area contributed by atoms with Gasteiger partial charge in [-0.3, -0.25) is 4.98 Å². The van der Waals surface area contributed by atoms with Gasteiger partial charge in [0.05, 0.1) is 5.52 Å². The van der Waals surface area contributed by atoms with Gasteiger partial charge in [-0.1, -0.05) is 48.5 Å². The molecular weight excluding hydrogens is 458 g/mol. The third kappa shape index (κ3) is 4.76. The van der Waals surface area contributed by atoms with E-state index in [0.29, 0.717) is 31.6 Å². The predicted octanol–water partition coefficient (Wildman–Crippen LogP) is 4.13. The molecule has 0 amide bonds. The van der Waals surface area contributed by atoms with E-state index in [-0.39, 0.29) is 4.90 Å². The topological polar surface area (TPSA) is 79.3 Å². The maximum atomic E-state index is 13.7. The van der Waals surface area contributed by atoms with Crippen molar-refractivity contribution < 1.29 is 8.42 Å². The van der Waals surface area contributed by atoms with Gasteiger partial charge in [0, 0.05) is 55.4 Å². The molecule has 7 nitrogen and oxygen atoms in total. The number of hydrogen-bond acceptors (Lipinski definition) is 6. The normalized spacial score (nSPS) is 15.3. The Morgan fingerprint density at radius 2 is 1.66 bits per heavy atom. The molecule has 0 bridgehead atoms. The standard InChI is InChI=1S/C27H29N5O2S/c1-20-24(19-22-9-4-3-5-10-22)27(30-21(2)29-20)31-15-8-16-32(18-17-31)35(33,34)25-13-6-11-23-12-7-14-28-26(23)25/h3-7,9-14H,8,15-19H2,1-2H3. The summed E-state index contributed by atoms with van der Waals surface area (Å²) in [5.41, 5.74) is 3.78. The van der Waals surface area contributed by atoms with Crippen molar-refractivity contribution in [1.29, 1.82) is 0 Å². The summed E-state index contributed by atoms with van der Waals surface area (Å²) in [5, 5.41) is 0.822. The van der Waals surface area contributed by atoms with E-state index < -0.39 is 10.0 Å². The second-order valence-corrected chi connectivity index (χ2v) is 10.8. The van der Waals surface area contributed by atoms with Crippen LogP contribution in [0.5, 0.6) is 0 Å². The zero-order valence-corrected chi connectivity index (χ0v) is 20.9. The Kier molecular flexibility index (Phi) is 6.49. The molecule has 5 rings (SSSR count). The molecule has 35 heavy (non-hydrogen) atoms. The Morgan fingerprint density at radius 3 is 2.49 bits per heavy atom. The highest BCUT2D eigenvalue weighted by atomic mass is 32.2. The molecule has 3 heterocycles. The highest BCUT2D eigenvalue weighted by Gasteiger charge is 2.30. The van der Waals surface area contributed by atoms with Crippen molar-refractivity contribution in [2.75, 3.05) is 31.1 Å². The summed E-state index contributed by atoms with van der Waals surface area (Å²) in [7, 11) is -3.68. The lowest BCUT2D eigenvalue weighted by molar-refractivity contribution is 0.433. The van der Waals surface area contributed by atoms with Gasteiger partial charge < -0.3 is 4.90 Å². The number of hydrogen-bond donors (Lipinski definition) is 0. The van der Waals surface area contributed by atoms with Crippen molar-refractivity contribution in [2.45, 2.75) is 31.6 Å². The summed E-state index contributed by atoms with van der Waals surface area (Å²) in [6.45, 7) is 6.08. The van der Waals surface area contributed by atoms with Gasteiger partial charge >= 0.3 is 0 Å². The van der Waals surface area contributed by atoms with Crippen LogP contribution in [-0.4, -0.2) is 53.9 Å². The van der Waals surface area contributed by atoms with Crippen LogP contribution < -0.4 is 4.90 Å². The molecule has 0 unspecified atom stereocenters. The molecular formula is C27H29N5O2S. The number of pyridine rings is 1. The summed E-state index contributed by atoms with van der Waals surface area (Å²) < 4.78 is 28.9. The van der Waals surface area contributed by atoms with Gasteiger partial charge in [-0.05, 0) is 38.0 Å². The molecule has 8 heteroatoms. The molecule has 1 aliphatic heterocycles. The number of para-hydroxylation sites is 1. The van der Waals surface area contributed by atoms with Crippen LogP contribution in [0.4, 0.5) is 5.82 Å². The van der Waals surface area contributed by atoms with E-state index in [1.54, 1.807) is 22.6 Å². The first-order chi connectivity index (χ1) is 16.9. The fourth-order valence-corrected chi connectivity index (χ4v) is 6.39. The van der Waals surface area contributed by atoms with Crippen LogP contribution in [0.2, 0.25) is 0 Å². The lowest BCUT2D eigenvalue weighted by Crippen LogP contribution is -2.36. The van der Waals surface area contributed by atoms with E-state index in [2.05, 4.69) is 27.0 Å². The molecule has 0 aliphatic carbocycles. The van der Waals surface area contributed by atoms with Crippen LogP contribution in [0.1, 0.15) is 29.1 Å². The van der Waals surface area contributed by atoms with Gasteiger partial charge in [-0.15, -0.1) is 0 Å². The summed E-state index contributed by atoms with van der Waals surface area (Å²) >= 11 is 0. The van der Waals surface area contributed by atoms with Crippen LogP contribution in [0.3, 0.4) is 0 Å². The third-order valence-electron chi connectivity index (χ3n) is 6.50. The summed E-state index contributed by atoms with van der Waals surface area (Å²) in [6, 6.07) is 19.3. The van der Waals surface area contributed by atoms with E-state index in [1.807, 2.05) is 50.2 Å². The molecule has 1 aliphatic rings. The second kappa shape index (κ2) is 9.71. The number of fused-ring (bicyclic) bond motifs is 1. The SMILES string of the molecule is Cc1nc(C)c(Cc2ccccc2)c(N2CCCN(S(=O)(=O)c3cccc4cccnc34)CC2)n1. The van der Waals surface area contributed by atoms with Gasteiger partial charge in [-0.25, -0.2) is 18.4 Å². The van der Waals surface area contributed by atoms with Crippen LogP contribution in [-0.2, 0) is 16.4 Å². The largest absolute Gasteiger partial charge is 0.355 e. The summed E-state index contributed by atoms with van der Waals surface area (Å²) in [4.78, 5) is 16.3. The Bertz CT molecular complexity index is 1450. The summed E-state index contributed by atoms with van der Waals surface area (Å²) in [6.07, 6.45) is 3.09. The van der Waals surface area contributed by atoms with Gasteiger partial charge in [0.1, 0.15) is 16.5 Å². The van der Waals surface area contributed by atoms with Crippen molar-refractivity contribution in [3.63, 3.8) is 0 Å². The van der Waals surface area contributed by atoms with Crippen LogP contribution in [0.25, 0.3) is 10.9 Å². The minimum absolute atomic E-state index is 0.266. The molecule has 4 aromatic rings. The molecule has 1 saturated heterocycles. The van der Waals surface area contributed by atoms with Crippen LogP contribution in [0, 0.1) is 13.8 Å². The van der Waals surface area contributed by atoms with E-state index >= 15 is 0 Å². The van der Waals surface area contributed by atoms with Gasteiger partial charge in [-0.2, -0.15) is 4.31 Å². The van der Waals surface area contributed by atoms with E-state index in [1.165, 1.54) is 5.56 Å². The van der Waals surface area contributed by atoms with Crippen molar-refractivity contribution in [2.24, 2.45) is 0 Å². The van der Waals surface area contributed by atoms with Crippen molar-refractivity contribution in [3.05, 3.63) is 89.5 Å². The average Bonchev–Trinajstić information content (AvgIpc) is 3.13. The molecule has 180 valence electrons. The van der Waals surface area contributed by atoms with Gasteiger partial charge in [0.2, 0.25) is 10.0 Å². The lowest BCUT2D eigenvalue weighted by Gasteiger charge is -2.26. The summed E-state index contributed by atoms with van der Waals surface area (Å²) in [5.74, 6) is 1.63.